The number of hydrogen-bond donors (Lipinski definition) is 2. The number of fused-ring (bicyclic) bond motifs is 10. The normalized spacial score (nSPS) is 48.7. The van der Waals surface area contributed by atoms with Gasteiger partial charge in [-0.15, -0.1) is 0 Å². The van der Waals surface area contributed by atoms with Crippen LogP contribution in [0, 0.1) is 70.0 Å². The quantitative estimate of drug-likeness (QED) is 0.265. The third kappa shape index (κ3) is 3.97. The zero-order chi connectivity index (χ0) is 30.4. The Morgan fingerprint density at radius 3 is 2.00 bits per heavy atom. The predicted octanol–water partition coefficient (Wildman–Crippen LogP) is 7.07. The van der Waals surface area contributed by atoms with Crippen LogP contribution in [0.3, 0.4) is 0 Å². The molecule has 4 heteroatoms. The standard InChI is InChI=1S/C40H50O4/c1-3-38-17-14-31-29-11-7-27(41)22-25(29)6-10-34(31)36(38)23-26(37(38)43)13-19-40(44)20-16-35-33-9-5-24-21-28(42)8-12-30(24)32(33)15-18-39(35,40)4-2/h16,20-23,29-37,43-44H,3-12,14-15,17-18H2,1-2H3/t29?,30?,31?,32?,33?,34?,35?,36?,37-,38-,39-,40-/m0/s1. The Bertz CT molecular complexity index is 1450. The van der Waals surface area contributed by atoms with Crippen LogP contribution in [0.15, 0.2) is 47.1 Å². The highest BCUT2D eigenvalue weighted by Crippen LogP contribution is 2.65. The molecule has 8 aliphatic carbocycles. The van der Waals surface area contributed by atoms with Gasteiger partial charge in [0.15, 0.2) is 17.2 Å². The fraction of sp³-hybridized carbons (Fsp3) is 0.700. The summed E-state index contributed by atoms with van der Waals surface area (Å²) in [6.07, 6.45) is 23.6. The number of ketones is 2. The van der Waals surface area contributed by atoms with Crippen LogP contribution < -0.4 is 0 Å². The lowest BCUT2D eigenvalue weighted by Crippen LogP contribution is -2.54. The van der Waals surface area contributed by atoms with Crippen LogP contribution >= 0.6 is 0 Å². The molecule has 2 N–H and O–H groups in total. The number of allylic oxidation sites excluding steroid dienone is 6. The number of carbonyl (C=O) groups is 2. The van der Waals surface area contributed by atoms with Crippen LogP contribution in [0.25, 0.3) is 0 Å². The van der Waals surface area contributed by atoms with Gasteiger partial charge in [0.05, 0.1) is 6.10 Å². The van der Waals surface area contributed by atoms with E-state index >= 15 is 0 Å². The van der Waals surface area contributed by atoms with Gasteiger partial charge in [-0.3, -0.25) is 9.59 Å². The lowest BCUT2D eigenvalue weighted by molar-refractivity contribution is -0.117. The molecule has 8 unspecified atom stereocenters. The summed E-state index contributed by atoms with van der Waals surface area (Å²) in [4.78, 5) is 24.3. The smallest absolute Gasteiger partial charge is 0.155 e. The monoisotopic (exact) mass is 594 g/mol. The Morgan fingerprint density at radius 1 is 0.773 bits per heavy atom. The minimum atomic E-state index is -1.19. The van der Waals surface area contributed by atoms with Crippen LogP contribution in [0.1, 0.15) is 104 Å². The summed E-state index contributed by atoms with van der Waals surface area (Å²) in [6, 6.07) is 0. The minimum absolute atomic E-state index is 0.164. The van der Waals surface area contributed by atoms with Gasteiger partial charge in [-0.25, -0.2) is 0 Å². The molecule has 8 aliphatic rings. The Balaban J connectivity index is 1.08. The summed E-state index contributed by atoms with van der Waals surface area (Å²) in [6.45, 7) is 4.47. The summed E-state index contributed by atoms with van der Waals surface area (Å²) < 4.78 is 0. The number of hydrogen-bond acceptors (Lipinski definition) is 4. The maximum absolute atomic E-state index is 12.4. The Morgan fingerprint density at radius 2 is 1.39 bits per heavy atom. The van der Waals surface area contributed by atoms with Gasteiger partial charge in [0.1, 0.15) is 0 Å². The number of aliphatic hydroxyl groups excluding tert-OH is 1. The van der Waals surface area contributed by atoms with Crippen molar-refractivity contribution in [2.24, 2.45) is 58.2 Å². The van der Waals surface area contributed by atoms with Crippen molar-refractivity contribution in [1.82, 2.24) is 0 Å². The second-order valence-corrected chi connectivity index (χ2v) is 16.0. The molecule has 0 heterocycles. The van der Waals surface area contributed by atoms with E-state index in [-0.39, 0.29) is 10.8 Å². The van der Waals surface area contributed by atoms with Crippen LogP contribution in [-0.2, 0) is 9.59 Å². The molecule has 4 nitrogen and oxygen atoms in total. The average molecular weight is 595 g/mol. The van der Waals surface area contributed by atoms with E-state index in [4.69, 9.17) is 0 Å². The molecule has 0 saturated heterocycles. The van der Waals surface area contributed by atoms with Crippen LogP contribution in [-0.4, -0.2) is 33.5 Å². The first-order valence-corrected chi connectivity index (χ1v) is 18.0. The van der Waals surface area contributed by atoms with E-state index in [1.807, 2.05) is 18.2 Å². The molecule has 4 fully saturated rings. The van der Waals surface area contributed by atoms with Gasteiger partial charge >= 0.3 is 0 Å². The molecule has 0 aromatic rings. The van der Waals surface area contributed by atoms with Crippen molar-refractivity contribution in [1.29, 1.82) is 0 Å². The molecule has 0 aromatic heterocycles. The number of aliphatic hydroxyl groups is 2. The first kappa shape index (κ1) is 29.2. The molecular weight excluding hydrogens is 544 g/mol. The van der Waals surface area contributed by atoms with Crippen molar-refractivity contribution < 1.29 is 19.8 Å². The summed E-state index contributed by atoms with van der Waals surface area (Å²) >= 11 is 0. The van der Waals surface area contributed by atoms with E-state index in [0.717, 1.165) is 82.6 Å². The highest BCUT2D eigenvalue weighted by Gasteiger charge is 2.62. The highest BCUT2D eigenvalue weighted by molar-refractivity contribution is 5.91. The van der Waals surface area contributed by atoms with Crippen molar-refractivity contribution in [3.8, 4) is 11.8 Å². The average Bonchev–Trinajstić information content (AvgIpc) is 3.50. The molecule has 0 amide bonds. The maximum atomic E-state index is 12.4. The van der Waals surface area contributed by atoms with E-state index in [1.165, 1.54) is 11.1 Å². The maximum Gasteiger partial charge on any atom is 0.155 e. The predicted molar refractivity (Wildman–Crippen MR) is 171 cm³/mol. The van der Waals surface area contributed by atoms with E-state index in [0.29, 0.717) is 71.8 Å². The SMILES string of the molecule is CC[C@]12CCC3C4CCC(=O)C=C4CCC3C1C=C(C#C[C@]1(O)C=CC3C4CCC5=CC(=O)CCC5C4CC[C@@]31CC)[C@@H]2O. The summed E-state index contributed by atoms with van der Waals surface area (Å²) in [5, 5.41) is 24.3. The third-order valence-electron chi connectivity index (χ3n) is 15.0. The largest absolute Gasteiger partial charge is 0.387 e. The van der Waals surface area contributed by atoms with Crippen LogP contribution in [0.4, 0.5) is 0 Å². The van der Waals surface area contributed by atoms with E-state index in [9.17, 15) is 19.8 Å². The van der Waals surface area contributed by atoms with Gasteiger partial charge in [0.25, 0.3) is 0 Å². The number of carbonyl (C=O) groups excluding carboxylic acids is 2. The molecule has 0 bridgehead atoms. The Hall–Kier alpha value is -2.22. The zero-order valence-corrected chi connectivity index (χ0v) is 26.7. The summed E-state index contributed by atoms with van der Waals surface area (Å²) in [7, 11) is 0. The first-order valence-electron chi connectivity index (χ1n) is 18.0. The lowest BCUT2D eigenvalue weighted by atomic mass is 9.49. The van der Waals surface area contributed by atoms with Crippen molar-refractivity contribution in [2.75, 3.05) is 0 Å². The molecular formula is C40H50O4. The number of rotatable bonds is 2. The summed E-state index contributed by atoms with van der Waals surface area (Å²) in [5.41, 5.74) is 1.97. The topological polar surface area (TPSA) is 74.6 Å². The zero-order valence-electron chi connectivity index (χ0n) is 26.7. The molecule has 0 radical (unpaired) electrons. The molecule has 0 aliphatic heterocycles. The fourth-order valence-corrected chi connectivity index (χ4v) is 12.8. The second kappa shape index (κ2) is 10.4. The Labute approximate surface area is 263 Å². The molecule has 8 rings (SSSR count). The molecule has 4 saturated carbocycles. The lowest BCUT2D eigenvalue weighted by Gasteiger charge is -2.55. The van der Waals surface area contributed by atoms with Crippen molar-refractivity contribution >= 4 is 11.6 Å². The van der Waals surface area contributed by atoms with Gasteiger partial charge in [-0.2, -0.15) is 0 Å². The van der Waals surface area contributed by atoms with Gasteiger partial charge in [0.2, 0.25) is 0 Å². The van der Waals surface area contributed by atoms with Gasteiger partial charge in [-0.05, 0) is 143 Å². The minimum Gasteiger partial charge on any atom is -0.387 e. The van der Waals surface area contributed by atoms with Crippen molar-refractivity contribution in [3.05, 3.63) is 47.1 Å². The van der Waals surface area contributed by atoms with E-state index in [1.54, 1.807) is 0 Å². The fourth-order valence-electron chi connectivity index (χ4n) is 12.8. The Kier molecular flexibility index (Phi) is 6.90. The highest BCUT2D eigenvalue weighted by atomic mass is 16.3. The molecule has 44 heavy (non-hydrogen) atoms. The molecule has 234 valence electrons. The van der Waals surface area contributed by atoms with Crippen molar-refractivity contribution in [3.63, 3.8) is 0 Å². The first-order chi connectivity index (χ1) is 21.2. The van der Waals surface area contributed by atoms with Crippen LogP contribution in [0.5, 0.6) is 0 Å². The molecule has 0 aromatic carbocycles. The third-order valence-corrected chi connectivity index (χ3v) is 15.0. The van der Waals surface area contributed by atoms with E-state index in [2.05, 4.69) is 37.8 Å². The van der Waals surface area contributed by atoms with Crippen LogP contribution in [0.2, 0.25) is 0 Å². The van der Waals surface area contributed by atoms with Gasteiger partial charge in [0, 0.05) is 29.2 Å². The van der Waals surface area contributed by atoms with Gasteiger partial charge < -0.3 is 10.2 Å². The van der Waals surface area contributed by atoms with Gasteiger partial charge in [-0.1, -0.05) is 49.0 Å². The van der Waals surface area contributed by atoms with E-state index < -0.39 is 11.7 Å². The van der Waals surface area contributed by atoms with Crippen molar-refractivity contribution in [2.45, 2.75) is 115 Å². The second-order valence-electron chi connectivity index (χ2n) is 16.0. The molecule has 12 atom stereocenters. The summed E-state index contributed by atoms with van der Waals surface area (Å²) in [5.74, 6) is 11.5. The molecule has 0 spiro atoms.